The molecule has 1 aromatic heterocycles. The summed E-state index contributed by atoms with van der Waals surface area (Å²) in [6.07, 6.45) is 2.29. The number of hydrogen-bond acceptors (Lipinski definition) is 3. The Labute approximate surface area is 67.2 Å². The molecule has 1 N–H and O–H groups in total. The van der Waals surface area contributed by atoms with Crippen molar-refractivity contribution >= 4 is 22.7 Å². The topological polar surface area (TPSA) is 46.3 Å². The number of benzene rings is 1. The molecule has 3 nitrogen and oxygen atoms in total. The van der Waals surface area contributed by atoms with Crippen LogP contribution in [0, 0.1) is 6.39 Å². The van der Waals surface area contributed by atoms with Crippen molar-refractivity contribution in [2.45, 2.75) is 0 Å². The van der Waals surface area contributed by atoms with E-state index in [-0.39, 0.29) is 10.8 Å². The molecule has 11 heavy (non-hydrogen) atoms. The van der Waals surface area contributed by atoms with Crippen LogP contribution in [0.2, 0.25) is 5.02 Å². The first-order valence-electron chi connectivity index (χ1n) is 2.93. The molecule has 1 radical (unpaired) electrons. The molecule has 0 unspecified atom stereocenters. The van der Waals surface area contributed by atoms with Gasteiger partial charge in [-0.2, -0.15) is 0 Å². The molecule has 1 heterocycles. The third kappa shape index (κ3) is 0.851. The predicted molar refractivity (Wildman–Crippen MR) is 39.5 cm³/mol. The summed E-state index contributed by atoms with van der Waals surface area (Å²) in [4.78, 5) is 3.70. The van der Waals surface area contributed by atoms with E-state index >= 15 is 0 Å². The maximum Gasteiger partial charge on any atom is 0.284 e. The highest BCUT2D eigenvalue weighted by molar-refractivity contribution is 6.36. The Balaban J connectivity index is 2.93. The number of halogens is 1. The molecule has 0 atom stereocenters. The minimum atomic E-state index is 0.00136. The number of nitrogens with zero attached hydrogens (tertiary/aromatic N) is 1. The zero-order chi connectivity index (χ0) is 7.84. The van der Waals surface area contributed by atoms with Gasteiger partial charge in [0, 0.05) is 0 Å². The van der Waals surface area contributed by atoms with E-state index in [1.165, 1.54) is 6.07 Å². The van der Waals surface area contributed by atoms with Crippen molar-refractivity contribution in [3.8, 4) is 5.75 Å². The second kappa shape index (κ2) is 2.13. The molecular weight excluding hydrogens is 166 g/mol. The van der Waals surface area contributed by atoms with Crippen LogP contribution in [0.5, 0.6) is 5.75 Å². The molecule has 0 fully saturated rings. The molecule has 0 bridgehead atoms. The molecule has 1 aromatic carbocycles. The summed E-state index contributed by atoms with van der Waals surface area (Å²) in [6, 6.07) is 3.03. The van der Waals surface area contributed by atoms with E-state index in [4.69, 9.17) is 21.1 Å². The molecule has 0 aliphatic rings. The highest BCUT2D eigenvalue weighted by atomic mass is 35.5. The lowest BCUT2D eigenvalue weighted by Gasteiger charge is -1.93. The lowest BCUT2D eigenvalue weighted by molar-refractivity contribution is 0.476. The number of aromatic hydroxyl groups is 1. The van der Waals surface area contributed by atoms with Gasteiger partial charge in [0.1, 0.15) is 16.3 Å². The van der Waals surface area contributed by atoms with Gasteiger partial charge in [-0.1, -0.05) is 11.6 Å². The van der Waals surface area contributed by atoms with Crippen LogP contribution in [-0.4, -0.2) is 10.1 Å². The summed E-state index contributed by atoms with van der Waals surface area (Å²) in [5, 5.41) is 9.31. The van der Waals surface area contributed by atoms with Gasteiger partial charge >= 0.3 is 0 Å². The average Bonchev–Trinajstić information content (AvgIpc) is 2.45. The summed E-state index contributed by atoms with van der Waals surface area (Å²) in [7, 11) is 0. The number of hydrogen-bond donors (Lipinski definition) is 1. The van der Waals surface area contributed by atoms with Crippen LogP contribution in [0.3, 0.4) is 0 Å². The van der Waals surface area contributed by atoms with Gasteiger partial charge in [-0.15, -0.1) is 0 Å². The molecule has 0 aliphatic carbocycles. The van der Waals surface area contributed by atoms with Crippen molar-refractivity contribution in [2.24, 2.45) is 0 Å². The molecular formula is C7H3ClNO2. The molecule has 2 rings (SSSR count). The lowest BCUT2D eigenvalue weighted by atomic mass is 10.3. The summed E-state index contributed by atoms with van der Waals surface area (Å²) >= 11 is 5.67. The first-order valence-corrected chi connectivity index (χ1v) is 3.31. The van der Waals surface area contributed by atoms with Gasteiger partial charge < -0.3 is 9.52 Å². The highest BCUT2D eigenvalue weighted by Gasteiger charge is 2.07. The molecule has 0 saturated carbocycles. The van der Waals surface area contributed by atoms with E-state index in [1.807, 2.05) is 0 Å². The molecule has 2 aromatic rings. The monoisotopic (exact) mass is 168 g/mol. The Morgan fingerprint density at radius 1 is 1.55 bits per heavy atom. The van der Waals surface area contributed by atoms with Gasteiger partial charge in [0.05, 0.1) is 0 Å². The van der Waals surface area contributed by atoms with E-state index in [0.717, 1.165) is 0 Å². The average molecular weight is 169 g/mol. The fraction of sp³-hybridized carbons (Fsp3) is 0. The largest absolute Gasteiger partial charge is 0.506 e. The summed E-state index contributed by atoms with van der Waals surface area (Å²) < 4.78 is 4.82. The SMILES string of the molecule is Oc1ccc2o[c]nc2c1Cl. The number of rotatable bonds is 0. The Morgan fingerprint density at radius 3 is 3.18 bits per heavy atom. The molecule has 55 valence electrons. The minimum Gasteiger partial charge on any atom is -0.506 e. The van der Waals surface area contributed by atoms with Gasteiger partial charge in [-0.3, -0.25) is 0 Å². The molecule has 0 amide bonds. The van der Waals surface area contributed by atoms with Crippen LogP contribution in [-0.2, 0) is 0 Å². The van der Waals surface area contributed by atoms with Crippen LogP contribution in [0.25, 0.3) is 11.1 Å². The Hall–Kier alpha value is -1.22. The Kier molecular flexibility index (Phi) is 1.26. The molecule has 4 heteroatoms. The zero-order valence-electron chi connectivity index (χ0n) is 5.34. The number of phenols is 1. The highest BCUT2D eigenvalue weighted by Crippen LogP contribution is 2.30. The molecule has 0 spiro atoms. The number of aromatic nitrogens is 1. The predicted octanol–water partition coefficient (Wildman–Crippen LogP) is 1.99. The van der Waals surface area contributed by atoms with Crippen molar-refractivity contribution in [1.82, 2.24) is 4.98 Å². The number of phenolic OH excluding ortho intramolecular Hbond substituents is 1. The van der Waals surface area contributed by atoms with E-state index < -0.39 is 0 Å². The number of oxazole rings is 1. The van der Waals surface area contributed by atoms with Gasteiger partial charge in [0.15, 0.2) is 5.58 Å². The van der Waals surface area contributed by atoms with Crippen molar-refractivity contribution < 1.29 is 9.52 Å². The first-order chi connectivity index (χ1) is 5.29. The first kappa shape index (κ1) is 6.49. The van der Waals surface area contributed by atoms with Crippen LogP contribution in [0.4, 0.5) is 0 Å². The molecule has 0 saturated heterocycles. The Morgan fingerprint density at radius 2 is 2.36 bits per heavy atom. The maximum absolute atomic E-state index is 9.11. The lowest BCUT2D eigenvalue weighted by Crippen LogP contribution is -1.71. The van der Waals surface area contributed by atoms with Crippen LogP contribution in [0.15, 0.2) is 16.5 Å². The minimum absolute atomic E-state index is 0.00136. The second-order valence-electron chi connectivity index (χ2n) is 2.05. The van der Waals surface area contributed by atoms with Crippen molar-refractivity contribution in [3.05, 3.63) is 23.5 Å². The van der Waals surface area contributed by atoms with Crippen molar-refractivity contribution in [2.75, 3.05) is 0 Å². The van der Waals surface area contributed by atoms with Gasteiger partial charge in [0.25, 0.3) is 6.39 Å². The van der Waals surface area contributed by atoms with E-state index in [9.17, 15) is 0 Å². The van der Waals surface area contributed by atoms with E-state index in [0.29, 0.717) is 11.1 Å². The summed E-state index contributed by atoms with van der Waals surface area (Å²) in [6.45, 7) is 0. The van der Waals surface area contributed by atoms with E-state index in [2.05, 4.69) is 11.4 Å². The standard InChI is InChI=1S/C7H3ClNO2/c8-6-4(10)1-2-5-7(6)9-3-11-5/h1-2,10H. The fourth-order valence-electron chi connectivity index (χ4n) is 0.840. The summed E-state index contributed by atoms with van der Waals surface area (Å²) in [5.74, 6) is 0.00136. The van der Waals surface area contributed by atoms with Crippen LogP contribution >= 0.6 is 11.6 Å². The quantitative estimate of drug-likeness (QED) is 0.654. The van der Waals surface area contributed by atoms with Crippen LogP contribution < -0.4 is 0 Å². The smallest absolute Gasteiger partial charge is 0.284 e. The summed E-state index contributed by atoms with van der Waals surface area (Å²) in [5.41, 5.74) is 0.958. The zero-order valence-corrected chi connectivity index (χ0v) is 6.09. The third-order valence-electron chi connectivity index (χ3n) is 1.37. The van der Waals surface area contributed by atoms with E-state index in [1.54, 1.807) is 6.07 Å². The Bertz CT molecular complexity index is 396. The maximum atomic E-state index is 9.11. The second-order valence-corrected chi connectivity index (χ2v) is 2.43. The number of fused-ring (bicyclic) bond motifs is 1. The van der Waals surface area contributed by atoms with Crippen LogP contribution in [0.1, 0.15) is 0 Å². The van der Waals surface area contributed by atoms with Crippen molar-refractivity contribution in [1.29, 1.82) is 0 Å². The normalized spacial score (nSPS) is 10.6. The third-order valence-corrected chi connectivity index (χ3v) is 1.74. The van der Waals surface area contributed by atoms with Gasteiger partial charge in [0.2, 0.25) is 0 Å². The molecule has 0 aliphatic heterocycles. The fourth-order valence-corrected chi connectivity index (χ4v) is 1.04. The van der Waals surface area contributed by atoms with Gasteiger partial charge in [-0.25, -0.2) is 4.98 Å². The van der Waals surface area contributed by atoms with Gasteiger partial charge in [-0.05, 0) is 12.1 Å². The van der Waals surface area contributed by atoms with Crippen molar-refractivity contribution in [3.63, 3.8) is 0 Å².